The quantitative estimate of drug-likeness (QED) is 0.309. The first-order valence-corrected chi connectivity index (χ1v) is 8.19. The topological polar surface area (TPSA) is 3.24 Å². The molecule has 0 N–H and O–H groups in total. The van der Waals surface area contributed by atoms with Crippen LogP contribution in [0.1, 0.15) is 12.8 Å². The predicted octanol–water partition coefficient (Wildman–Crippen LogP) is 5.95. The Morgan fingerprint density at radius 2 is 1.48 bits per heavy atom. The zero-order chi connectivity index (χ0) is 16.1. The zero-order valence-electron chi connectivity index (χ0n) is 13.7. The highest BCUT2D eigenvalue weighted by molar-refractivity contribution is 6.11. The molecule has 3 aromatic rings. The summed E-state index contributed by atoms with van der Waals surface area (Å²) in [5.41, 5.74) is 1.31. The SMILES string of the molecule is C=CCC/C=C\CN(C)c1c2ccccc2cc2ccccc12. The van der Waals surface area contributed by atoms with E-state index in [1.54, 1.807) is 0 Å². The molecule has 0 saturated carbocycles. The van der Waals surface area contributed by atoms with Crippen LogP contribution in [0.2, 0.25) is 0 Å². The van der Waals surface area contributed by atoms with Crippen LogP contribution in [-0.2, 0) is 0 Å². The van der Waals surface area contributed by atoms with Gasteiger partial charge in [0, 0.05) is 24.4 Å². The molecule has 0 unspecified atom stereocenters. The van der Waals surface area contributed by atoms with Crippen LogP contribution in [0.4, 0.5) is 5.69 Å². The van der Waals surface area contributed by atoms with Crippen molar-refractivity contribution in [1.82, 2.24) is 0 Å². The lowest BCUT2D eigenvalue weighted by molar-refractivity contribution is 1.01. The molecule has 3 aromatic carbocycles. The van der Waals surface area contributed by atoms with E-state index in [1.165, 1.54) is 27.2 Å². The number of hydrogen-bond acceptors (Lipinski definition) is 1. The summed E-state index contributed by atoms with van der Waals surface area (Å²) in [5, 5.41) is 5.22. The van der Waals surface area contributed by atoms with E-state index in [-0.39, 0.29) is 0 Å². The summed E-state index contributed by atoms with van der Waals surface area (Å²) in [6, 6.07) is 19.6. The van der Waals surface area contributed by atoms with E-state index >= 15 is 0 Å². The second kappa shape index (κ2) is 7.15. The summed E-state index contributed by atoms with van der Waals surface area (Å²) in [4.78, 5) is 2.34. The minimum absolute atomic E-state index is 0.912. The molecule has 1 nitrogen and oxygen atoms in total. The number of fused-ring (bicyclic) bond motifs is 2. The third-order valence-corrected chi connectivity index (χ3v) is 4.21. The van der Waals surface area contributed by atoms with Crippen LogP contribution in [0.3, 0.4) is 0 Å². The fourth-order valence-electron chi connectivity index (χ4n) is 3.06. The van der Waals surface area contributed by atoms with Crippen LogP contribution in [0.25, 0.3) is 21.5 Å². The van der Waals surface area contributed by atoms with Gasteiger partial charge in [-0.25, -0.2) is 0 Å². The molecule has 116 valence electrons. The number of allylic oxidation sites excluding steroid dienone is 2. The Labute approximate surface area is 138 Å². The lowest BCUT2D eigenvalue weighted by Gasteiger charge is -2.22. The van der Waals surface area contributed by atoms with E-state index in [0.717, 1.165) is 19.4 Å². The fraction of sp³-hybridized carbons (Fsp3) is 0.182. The normalized spacial score (nSPS) is 11.3. The van der Waals surface area contributed by atoms with Crippen molar-refractivity contribution in [2.75, 3.05) is 18.5 Å². The number of benzene rings is 3. The number of hydrogen-bond donors (Lipinski definition) is 0. The van der Waals surface area contributed by atoms with Crippen molar-refractivity contribution >= 4 is 27.2 Å². The summed E-state index contributed by atoms with van der Waals surface area (Å²) in [7, 11) is 2.17. The lowest BCUT2D eigenvalue weighted by atomic mass is 10.0. The third-order valence-electron chi connectivity index (χ3n) is 4.21. The lowest BCUT2D eigenvalue weighted by Crippen LogP contribution is -2.17. The Kier molecular flexibility index (Phi) is 4.77. The van der Waals surface area contributed by atoms with Crippen LogP contribution >= 0.6 is 0 Å². The number of likely N-dealkylation sites (N-methyl/N-ethyl adjacent to an activating group) is 1. The van der Waals surface area contributed by atoms with Crippen LogP contribution < -0.4 is 4.90 Å². The molecular weight excluding hydrogens is 278 g/mol. The maximum absolute atomic E-state index is 3.77. The highest BCUT2D eigenvalue weighted by Gasteiger charge is 2.10. The van der Waals surface area contributed by atoms with E-state index in [2.05, 4.69) is 85.3 Å². The van der Waals surface area contributed by atoms with Crippen LogP contribution in [0.5, 0.6) is 0 Å². The fourth-order valence-corrected chi connectivity index (χ4v) is 3.06. The molecule has 0 bridgehead atoms. The van der Waals surface area contributed by atoms with E-state index in [9.17, 15) is 0 Å². The number of unbranched alkanes of at least 4 members (excludes halogenated alkanes) is 1. The number of rotatable bonds is 6. The third kappa shape index (κ3) is 3.29. The Hall–Kier alpha value is -2.54. The van der Waals surface area contributed by atoms with E-state index in [0.29, 0.717) is 0 Å². The van der Waals surface area contributed by atoms with Crippen molar-refractivity contribution < 1.29 is 0 Å². The van der Waals surface area contributed by atoms with Crippen molar-refractivity contribution in [3.63, 3.8) is 0 Å². The van der Waals surface area contributed by atoms with Crippen molar-refractivity contribution in [3.8, 4) is 0 Å². The van der Waals surface area contributed by atoms with Crippen molar-refractivity contribution in [2.45, 2.75) is 12.8 Å². The largest absolute Gasteiger partial charge is 0.370 e. The van der Waals surface area contributed by atoms with Gasteiger partial charge in [-0.15, -0.1) is 6.58 Å². The summed E-state index contributed by atoms with van der Waals surface area (Å²) in [6.45, 7) is 4.68. The maximum atomic E-state index is 3.77. The van der Waals surface area contributed by atoms with Crippen molar-refractivity contribution in [3.05, 3.63) is 79.4 Å². The Morgan fingerprint density at radius 1 is 0.870 bits per heavy atom. The molecule has 0 heterocycles. The monoisotopic (exact) mass is 301 g/mol. The number of anilines is 1. The van der Waals surface area contributed by atoms with Gasteiger partial charge in [-0.2, -0.15) is 0 Å². The van der Waals surface area contributed by atoms with Crippen molar-refractivity contribution in [1.29, 1.82) is 0 Å². The zero-order valence-corrected chi connectivity index (χ0v) is 13.7. The van der Waals surface area contributed by atoms with Gasteiger partial charge in [0.15, 0.2) is 0 Å². The van der Waals surface area contributed by atoms with Gasteiger partial charge in [0.2, 0.25) is 0 Å². The molecule has 0 fully saturated rings. The predicted molar refractivity (Wildman–Crippen MR) is 103 cm³/mol. The average Bonchev–Trinajstić information content (AvgIpc) is 2.59. The van der Waals surface area contributed by atoms with Gasteiger partial charge in [-0.1, -0.05) is 66.8 Å². The second-order valence-electron chi connectivity index (χ2n) is 5.89. The van der Waals surface area contributed by atoms with Gasteiger partial charge in [-0.05, 0) is 29.7 Å². The highest BCUT2D eigenvalue weighted by atomic mass is 15.1. The second-order valence-corrected chi connectivity index (χ2v) is 5.89. The Bertz CT molecular complexity index is 791. The first-order valence-electron chi connectivity index (χ1n) is 8.19. The van der Waals surface area contributed by atoms with Gasteiger partial charge in [0.1, 0.15) is 0 Å². The van der Waals surface area contributed by atoms with Gasteiger partial charge >= 0.3 is 0 Å². The molecule has 0 aliphatic heterocycles. The van der Waals surface area contributed by atoms with Crippen molar-refractivity contribution in [2.24, 2.45) is 0 Å². The van der Waals surface area contributed by atoms with E-state index in [4.69, 9.17) is 0 Å². The molecule has 3 rings (SSSR count). The van der Waals surface area contributed by atoms with E-state index < -0.39 is 0 Å². The van der Waals surface area contributed by atoms with Gasteiger partial charge in [0.05, 0.1) is 5.69 Å². The molecule has 0 aliphatic carbocycles. The molecule has 23 heavy (non-hydrogen) atoms. The molecule has 0 atom stereocenters. The first kappa shape index (κ1) is 15.4. The average molecular weight is 301 g/mol. The minimum Gasteiger partial charge on any atom is -0.370 e. The first-order chi connectivity index (χ1) is 11.3. The smallest absolute Gasteiger partial charge is 0.0525 e. The summed E-state index contributed by atoms with van der Waals surface area (Å²) >= 11 is 0. The molecule has 0 aromatic heterocycles. The van der Waals surface area contributed by atoms with Gasteiger partial charge in [0.25, 0.3) is 0 Å². The summed E-state index contributed by atoms with van der Waals surface area (Å²) < 4.78 is 0. The van der Waals surface area contributed by atoms with E-state index in [1.807, 2.05) is 6.08 Å². The summed E-state index contributed by atoms with van der Waals surface area (Å²) in [5.74, 6) is 0. The van der Waals surface area contributed by atoms with Crippen LogP contribution in [-0.4, -0.2) is 13.6 Å². The minimum atomic E-state index is 0.912. The molecule has 0 saturated heterocycles. The molecule has 0 aliphatic rings. The number of nitrogens with zero attached hydrogens (tertiary/aromatic N) is 1. The standard InChI is InChI=1S/C22H23N/c1-3-4-5-6-11-16-23(2)22-20-14-9-7-12-18(20)17-19-13-8-10-15-21(19)22/h3,6-15,17H,1,4-5,16H2,2H3/b11-6-. The van der Waals surface area contributed by atoms with Gasteiger partial charge in [-0.3, -0.25) is 0 Å². The summed E-state index contributed by atoms with van der Waals surface area (Å²) in [6.07, 6.45) is 8.56. The molecular formula is C22H23N. The Balaban J connectivity index is 2.02. The Morgan fingerprint density at radius 3 is 2.09 bits per heavy atom. The van der Waals surface area contributed by atoms with Gasteiger partial charge < -0.3 is 4.90 Å². The molecule has 0 radical (unpaired) electrons. The van der Waals surface area contributed by atoms with Crippen LogP contribution in [0, 0.1) is 0 Å². The molecule has 1 heteroatoms. The molecule has 0 amide bonds. The molecule has 0 spiro atoms. The highest BCUT2D eigenvalue weighted by Crippen LogP contribution is 2.34. The van der Waals surface area contributed by atoms with Crippen LogP contribution in [0.15, 0.2) is 79.4 Å². The maximum Gasteiger partial charge on any atom is 0.0525 e.